The van der Waals surface area contributed by atoms with Crippen LogP contribution in [0.3, 0.4) is 0 Å². The highest BCUT2D eigenvalue weighted by Crippen LogP contribution is 2.42. The number of Topliss-reactive ketones (excluding diaryl/α,β-unsaturated/α-hetero) is 1. The highest BCUT2D eigenvalue weighted by Gasteiger charge is 2.56. The van der Waals surface area contributed by atoms with E-state index in [2.05, 4.69) is 5.32 Å². The third kappa shape index (κ3) is 4.27. The van der Waals surface area contributed by atoms with Crippen molar-refractivity contribution in [1.29, 1.82) is 0 Å². The van der Waals surface area contributed by atoms with Crippen molar-refractivity contribution in [1.82, 2.24) is 0 Å². The van der Waals surface area contributed by atoms with E-state index in [1.165, 1.54) is 32.0 Å². The van der Waals surface area contributed by atoms with Gasteiger partial charge in [-0.1, -0.05) is 0 Å². The molecule has 0 aliphatic rings. The van der Waals surface area contributed by atoms with Crippen molar-refractivity contribution in [3.05, 3.63) is 57.5 Å². The lowest BCUT2D eigenvalue weighted by molar-refractivity contribution is -0.384. The van der Waals surface area contributed by atoms with Crippen molar-refractivity contribution in [3.63, 3.8) is 0 Å². The molecule has 2 aromatic rings. The number of nitrogens with zero attached hydrogens (tertiary/aromatic N) is 1. The van der Waals surface area contributed by atoms with Crippen LogP contribution < -0.4 is 5.32 Å². The standard InChI is InChI=1S/C17H17F3N2O5/c1-10-3-6-15(27-10)16(24,17(18,19)20)7-8-21-13-5-4-12(11(2)23)9-14(13)22(25)26/h3-6,9,21,24H,7-8H2,1-2H3. The molecule has 1 aromatic carbocycles. The maximum atomic E-state index is 13.4. The zero-order valence-corrected chi connectivity index (χ0v) is 14.5. The molecule has 0 radical (unpaired) electrons. The average Bonchev–Trinajstić information content (AvgIpc) is 3.00. The molecule has 0 aliphatic heterocycles. The summed E-state index contributed by atoms with van der Waals surface area (Å²) in [5.41, 5.74) is -3.66. The van der Waals surface area contributed by atoms with Gasteiger partial charge in [-0.2, -0.15) is 13.2 Å². The van der Waals surface area contributed by atoms with Crippen LogP contribution in [0.25, 0.3) is 0 Å². The van der Waals surface area contributed by atoms with Crippen LogP contribution >= 0.6 is 0 Å². The van der Waals surface area contributed by atoms with Crippen molar-refractivity contribution in [2.45, 2.75) is 32.0 Å². The summed E-state index contributed by atoms with van der Waals surface area (Å²) in [5, 5.41) is 23.8. The normalized spacial score (nSPS) is 13.9. The van der Waals surface area contributed by atoms with Gasteiger partial charge in [-0.15, -0.1) is 0 Å². The van der Waals surface area contributed by atoms with Crippen LogP contribution in [0.4, 0.5) is 24.5 Å². The predicted octanol–water partition coefficient (Wildman–Crippen LogP) is 3.95. The molecule has 0 amide bonds. The lowest BCUT2D eigenvalue weighted by Gasteiger charge is -2.28. The number of nitro groups is 1. The second-order valence-electron chi connectivity index (χ2n) is 5.99. The summed E-state index contributed by atoms with van der Waals surface area (Å²) in [5.74, 6) is -0.837. The van der Waals surface area contributed by atoms with E-state index >= 15 is 0 Å². The quantitative estimate of drug-likeness (QED) is 0.424. The van der Waals surface area contributed by atoms with Gasteiger partial charge < -0.3 is 14.8 Å². The van der Waals surface area contributed by atoms with Crippen molar-refractivity contribution in [2.24, 2.45) is 0 Å². The van der Waals surface area contributed by atoms with E-state index in [1.54, 1.807) is 0 Å². The Hall–Kier alpha value is -2.88. The van der Waals surface area contributed by atoms with Gasteiger partial charge in [0.15, 0.2) is 5.78 Å². The van der Waals surface area contributed by atoms with Crippen molar-refractivity contribution in [2.75, 3.05) is 11.9 Å². The third-order valence-corrected chi connectivity index (χ3v) is 4.02. The Bertz CT molecular complexity index is 862. The Kier molecular flexibility index (Phi) is 5.59. The molecule has 1 unspecified atom stereocenters. The molecule has 0 aliphatic carbocycles. The van der Waals surface area contributed by atoms with Crippen LogP contribution in [-0.2, 0) is 5.60 Å². The Morgan fingerprint density at radius 3 is 2.44 bits per heavy atom. The fourth-order valence-electron chi connectivity index (χ4n) is 2.49. The van der Waals surface area contributed by atoms with Crippen LogP contribution in [0, 0.1) is 17.0 Å². The molecule has 0 saturated carbocycles. The topological polar surface area (TPSA) is 106 Å². The van der Waals surface area contributed by atoms with Crippen molar-refractivity contribution >= 4 is 17.2 Å². The van der Waals surface area contributed by atoms with Gasteiger partial charge in [-0.05, 0) is 38.1 Å². The van der Waals surface area contributed by atoms with Crippen LogP contribution in [0.2, 0.25) is 0 Å². The Morgan fingerprint density at radius 1 is 1.30 bits per heavy atom. The lowest BCUT2D eigenvalue weighted by atomic mass is 9.95. The van der Waals surface area contributed by atoms with Gasteiger partial charge in [0.25, 0.3) is 5.69 Å². The van der Waals surface area contributed by atoms with Gasteiger partial charge in [0.2, 0.25) is 5.60 Å². The van der Waals surface area contributed by atoms with Crippen molar-refractivity contribution < 1.29 is 32.4 Å². The summed E-state index contributed by atoms with van der Waals surface area (Å²) < 4.78 is 45.1. The van der Waals surface area contributed by atoms with E-state index in [0.29, 0.717) is 0 Å². The molecule has 0 spiro atoms. The second-order valence-corrected chi connectivity index (χ2v) is 5.99. The number of nitrogens with one attached hydrogen (secondary N) is 1. The van der Waals surface area contributed by atoms with Gasteiger partial charge in [-0.25, -0.2) is 0 Å². The predicted molar refractivity (Wildman–Crippen MR) is 89.6 cm³/mol. The molecule has 1 atom stereocenters. The van der Waals surface area contributed by atoms with Gasteiger partial charge >= 0.3 is 6.18 Å². The zero-order valence-electron chi connectivity index (χ0n) is 14.5. The maximum absolute atomic E-state index is 13.4. The van der Waals surface area contributed by atoms with Crippen LogP contribution in [-0.4, -0.2) is 28.5 Å². The summed E-state index contributed by atoms with van der Waals surface area (Å²) >= 11 is 0. The van der Waals surface area contributed by atoms with E-state index in [1.807, 2.05) is 0 Å². The van der Waals surface area contributed by atoms with E-state index in [4.69, 9.17) is 4.42 Å². The molecular formula is C17H17F3N2O5. The molecule has 0 fully saturated rings. The Balaban J connectivity index is 2.23. The summed E-state index contributed by atoms with van der Waals surface area (Å²) in [4.78, 5) is 21.7. The molecule has 2 N–H and O–H groups in total. The van der Waals surface area contributed by atoms with E-state index in [-0.39, 0.29) is 22.8 Å². The number of aryl methyl sites for hydroxylation is 1. The molecule has 10 heteroatoms. The number of hydrogen-bond acceptors (Lipinski definition) is 6. The molecule has 2 rings (SSSR count). The van der Waals surface area contributed by atoms with E-state index < -0.39 is 41.1 Å². The number of hydrogen-bond donors (Lipinski definition) is 2. The lowest BCUT2D eigenvalue weighted by Crippen LogP contribution is -2.43. The minimum atomic E-state index is -5.01. The molecule has 1 aromatic heterocycles. The smallest absolute Gasteiger partial charge is 0.424 e. The summed E-state index contributed by atoms with van der Waals surface area (Å²) in [6.07, 6.45) is -5.85. The number of carbonyl (C=O) groups is 1. The molecule has 0 saturated heterocycles. The second kappa shape index (κ2) is 7.39. The molecule has 1 heterocycles. The number of benzene rings is 1. The Morgan fingerprint density at radius 2 is 1.96 bits per heavy atom. The summed E-state index contributed by atoms with van der Waals surface area (Å²) in [7, 11) is 0. The van der Waals surface area contributed by atoms with Gasteiger partial charge in [0, 0.05) is 24.6 Å². The molecule has 27 heavy (non-hydrogen) atoms. The summed E-state index contributed by atoms with van der Waals surface area (Å²) in [6, 6.07) is 5.93. The average molecular weight is 386 g/mol. The fourth-order valence-corrected chi connectivity index (χ4v) is 2.49. The number of anilines is 1. The number of nitro benzene ring substituents is 1. The SMILES string of the molecule is CC(=O)c1ccc(NCCC(O)(c2ccc(C)o2)C(F)(F)F)c([N+](=O)[O-])c1. The Labute approximate surface area is 151 Å². The van der Waals surface area contributed by atoms with Gasteiger partial charge in [-0.3, -0.25) is 14.9 Å². The number of ketones is 1. The molecule has 146 valence electrons. The van der Waals surface area contributed by atoms with E-state index in [9.17, 15) is 33.2 Å². The zero-order chi connectivity index (χ0) is 20.4. The molecule has 7 nitrogen and oxygen atoms in total. The van der Waals surface area contributed by atoms with Gasteiger partial charge in [0.05, 0.1) is 4.92 Å². The first kappa shape index (κ1) is 20.4. The highest BCUT2D eigenvalue weighted by molar-refractivity contribution is 5.95. The number of rotatable bonds is 7. The minimum Gasteiger partial charge on any atom is -0.463 e. The first-order valence-corrected chi connectivity index (χ1v) is 7.85. The third-order valence-electron chi connectivity index (χ3n) is 4.02. The first-order valence-electron chi connectivity index (χ1n) is 7.85. The van der Waals surface area contributed by atoms with Crippen LogP contribution in [0.1, 0.15) is 35.2 Å². The number of aliphatic hydroxyl groups is 1. The highest BCUT2D eigenvalue weighted by atomic mass is 19.4. The van der Waals surface area contributed by atoms with Crippen LogP contribution in [0.5, 0.6) is 0 Å². The number of halogens is 3. The first-order chi connectivity index (χ1) is 12.5. The largest absolute Gasteiger partial charge is 0.463 e. The monoisotopic (exact) mass is 386 g/mol. The van der Waals surface area contributed by atoms with Crippen LogP contribution in [0.15, 0.2) is 34.7 Å². The summed E-state index contributed by atoms with van der Waals surface area (Å²) in [6.45, 7) is 2.25. The van der Waals surface area contributed by atoms with E-state index in [0.717, 1.165) is 12.1 Å². The minimum absolute atomic E-state index is 0.0647. The molecular weight excluding hydrogens is 369 g/mol. The molecule has 0 bridgehead atoms. The number of alkyl halides is 3. The van der Waals surface area contributed by atoms with Gasteiger partial charge in [0.1, 0.15) is 17.2 Å². The maximum Gasteiger partial charge on any atom is 0.424 e. The fraction of sp³-hybridized carbons (Fsp3) is 0.353. The van der Waals surface area contributed by atoms with Crippen molar-refractivity contribution in [3.8, 4) is 0 Å². The number of carbonyl (C=O) groups excluding carboxylic acids is 1. The number of furan rings is 1.